The van der Waals surface area contributed by atoms with Crippen LogP contribution in [0.5, 0.6) is 0 Å². The topological polar surface area (TPSA) is 42.2 Å². The minimum Gasteiger partial charge on any atom is -0.481 e. The standard InChI is InChI=1S/C14H16BrNO2/c1-3-16-12(9(2)6-14(17)18)7-10-4-5-11(15)8-13(10)16/h4-5,7-9H,3,6H2,1-2H3,(H,17,18). The predicted octanol–water partition coefficient (Wildman–Crippen LogP) is 4.00. The fourth-order valence-corrected chi connectivity index (χ4v) is 2.73. The minimum absolute atomic E-state index is 0.0219. The minimum atomic E-state index is -0.753. The fraction of sp³-hybridized carbons (Fsp3) is 0.357. The summed E-state index contributed by atoms with van der Waals surface area (Å²) in [5, 5.41) is 10.1. The van der Waals surface area contributed by atoms with E-state index in [2.05, 4.69) is 45.6 Å². The van der Waals surface area contributed by atoms with Crippen molar-refractivity contribution in [3.8, 4) is 0 Å². The molecule has 0 saturated heterocycles. The lowest BCUT2D eigenvalue weighted by atomic mass is 10.0. The predicted molar refractivity (Wildman–Crippen MR) is 76.0 cm³/mol. The summed E-state index contributed by atoms with van der Waals surface area (Å²) in [7, 11) is 0. The third kappa shape index (κ3) is 2.43. The second-order valence-corrected chi connectivity index (χ2v) is 5.43. The maximum absolute atomic E-state index is 10.8. The molecule has 18 heavy (non-hydrogen) atoms. The van der Waals surface area contributed by atoms with Crippen molar-refractivity contribution in [1.82, 2.24) is 4.57 Å². The Kier molecular flexibility index (Phi) is 3.76. The van der Waals surface area contributed by atoms with Crippen LogP contribution in [-0.2, 0) is 11.3 Å². The van der Waals surface area contributed by atoms with Gasteiger partial charge in [0.15, 0.2) is 0 Å². The molecule has 0 saturated carbocycles. The lowest BCUT2D eigenvalue weighted by Crippen LogP contribution is -2.08. The lowest BCUT2D eigenvalue weighted by Gasteiger charge is -2.13. The first-order chi connectivity index (χ1) is 8.52. The molecule has 4 heteroatoms. The molecule has 0 amide bonds. The van der Waals surface area contributed by atoms with Crippen LogP contribution in [0.4, 0.5) is 0 Å². The molecule has 1 N–H and O–H groups in total. The first-order valence-electron chi connectivity index (χ1n) is 6.03. The van der Waals surface area contributed by atoms with Crippen molar-refractivity contribution in [1.29, 1.82) is 0 Å². The van der Waals surface area contributed by atoms with Crippen LogP contribution in [0.25, 0.3) is 10.9 Å². The highest BCUT2D eigenvalue weighted by Crippen LogP contribution is 2.29. The van der Waals surface area contributed by atoms with Gasteiger partial charge in [0.1, 0.15) is 0 Å². The molecule has 0 aliphatic rings. The van der Waals surface area contributed by atoms with E-state index in [1.165, 1.54) is 0 Å². The number of aliphatic carboxylic acids is 1. The van der Waals surface area contributed by atoms with E-state index >= 15 is 0 Å². The molecule has 1 aromatic carbocycles. The zero-order chi connectivity index (χ0) is 13.3. The van der Waals surface area contributed by atoms with Gasteiger partial charge in [-0.2, -0.15) is 0 Å². The Morgan fingerprint density at radius 1 is 1.44 bits per heavy atom. The van der Waals surface area contributed by atoms with Crippen LogP contribution in [0.3, 0.4) is 0 Å². The van der Waals surface area contributed by atoms with Crippen LogP contribution in [0.2, 0.25) is 0 Å². The Morgan fingerprint density at radius 2 is 2.17 bits per heavy atom. The van der Waals surface area contributed by atoms with Gasteiger partial charge >= 0.3 is 5.97 Å². The van der Waals surface area contributed by atoms with E-state index in [1.54, 1.807) is 0 Å². The molecule has 0 fully saturated rings. The Labute approximate surface area is 115 Å². The van der Waals surface area contributed by atoms with Crippen molar-refractivity contribution in [3.05, 3.63) is 34.4 Å². The van der Waals surface area contributed by atoms with Gasteiger partial charge in [0.2, 0.25) is 0 Å². The molecule has 0 radical (unpaired) electrons. The zero-order valence-corrected chi connectivity index (χ0v) is 12.1. The highest BCUT2D eigenvalue weighted by molar-refractivity contribution is 9.10. The molecule has 0 bridgehead atoms. The molecule has 2 aromatic rings. The molecular formula is C14H16BrNO2. The quantitative estimate of drug-likeness (QED) is 0.927. The highest BCUT2D eigenvalue weighted by Gasteiger charge is 2.16. The summed E-state index contributed by atoms with van der Waals surface area (Å²) in [6.07, 6.45) is 0.164. The van der Waals surface area contributed by atoms with Crippen molar-refractivity contribution >= 4 is 32.8 Å². The van der Waals surface area contributed by atoms with E-state index < -0.39 is 5.97 Å². The lowest BCUT2D eigenvalue weighted by molar-refractivity contribution is -0.137. The molecule has 2 rings (SSSR count). The monoisotopic (exact) mass is 309 g/mol. The molecule has 1 atom stereocenters. The third-order valence-electron chi connectivity index (χ3n) is 3.20. The summed E-state index contributed by atoms with van der Waals surface area (Å²) in [5.41, 5.74) is 2.24. The number of nitrogens with zero attached hydrogens (tertiary/aromatic N) is 1. The number of hydrogen-bond acceptors (Lipinski definition) is 1. The summed E-state index contributed by atoms with van der Waals surface area (Å²) < 4.78 is 3.23. The van der Waals surface area contributed by atoms with Crippen LogP contribution < -0.4 is 0 Å². The van der Waals surface area contributed by atoms with Crippen LogP contribution in [-0.4, -0.2) is 15.6 Å². The van der Waals surface area contributed by atoms with Gasteiger partial charge in [0.25, 0.3) is 0 Å². The van der Waals surface area contributed by atoms with Gasteiger partial charge in [-0.25, -0.2) is 0 Å². The maximum Gasteiger partial charge on any atom is 0.304 e. The van der Waals surface area contributed by atoms with Crippen molar-refractivity contribution in [2.24, 2.45) is 0 Å². The van der Waals surface area contributed by atoms with E-state index in [4.69, 9.17) is 5.11 Å². The Bertz CT molecular complexity index is 589. The van der Waals surface area contributed by atoms with Crippen LogP contribution in [0.15, 0.2) is 28.7 Å². The summed E-state index contributed by atoms with van der Waals surface area (Å²) in [6.45, 7) is 4.89. The van der Waals surface area contributed by atoms with E-state index in [9.17, 15) is 4.79 Å². The average molecular weight is 310 g/mol. The van der Waals surface area contributed by atoms with Gasteiger partial charge in [0.05, 0.1) is 6.42 Å². The number of carboxylic acids is 1. The van der Waals surface area contributed by atoms with Crippen molar-refractivity contribution in [2.45, 2.75) is 32.7 Å². The van der Waals surface area contributed by atoms with Gasteiger partial charge in [-0.15, -0.1) is 0 Å². The second-order valence-electron chi connectivity index (χ2n) is 4.52. The van der Waals surface area contributed by atoms with E-state index in [0.29, 0.717) is 0 Å². The van der Waals surface area contributed by atoms with Crippen LogP contribution in [0.1, 0.15) is 31.9 Å². The molecule has 96 valence electrons. The molecule has 0 aliphatic carbocycles. The number of carboxylic acid groups (broad SMARTS) is 1. The summed E-state index contributed by atoms with van der Waals surface area (Å²) in [5.74, 6) is -0.731. The molecule has 1 heterocycles. The normalized spacial score (nSPS) is 12.8. The fourth-order valence-electron chi connectivity index (χ4n) is 2.38. The van der Waals surface area contributed by atoms with Gasteiger partial charge < -0.3 is 9.67 Å². The van der Waals surface area contributed by atoms with Gasteiger partial charge in [0, 0.05) is 28.1 Å². The van der Waals surface area contributed by atoms with E-state index in [0.717, 1.165) is 27.6 Å². The molecular weight excluding hydrogens is 294 g/mol. The SMILES string of the molecule is CCn1c(C(C)CC(=O)O)cc2ccc(Br)cc21. The maximum atomic E-state index is 10.8. The van der Waals surface area contributed by atoms with E-state index in [-0.39, 0.29) is 12.3 Å². The van der Waals surface area contributed by atoms with Crippen LogP contribution in [0, 0.1) is 0 Å². The number of rotatable bonds is 4. The number of aryl methyl sites for hydroxylation is 1. The summed E-state index contributed by atoms with van der Waals surface area (Å²) in [6, 6.07) is 8.24. The molecule has 1 unspecified atom stereocenters. The van der Waals surface area contributed by atoms with Crippen LogP contribution >= 0.6 is 15.9 Å². The number of aromatic nitrogens is 1. The largest absolute Gasteiger partial charge is 0.481 e. The smallest absolute Gasteiger partial charge is 0.304 e. The number of hydrogen-bond donors (Lipinski definition) is 1. The summed E-state index contributed by atoms with van der Waals surface area (Å²) >= 11 is 3.47. The molecule has 0 spiro atoms. The zero-order valence-electron chi connectivity index (χ0n) is 10.5. The van der Waals surface area contributed by atoms with Gasteiger partial charge in [-0.3, -0.25) is 4.79 Å². The Morgan fingerprint density at radius 3 is 2.78 bits per heavy atom. The number of benzene rings is 1. The Balaban J connectivity index is 2.53. The number of fused-ring (bicyclic) bond motifs is 1. The highest BCUT2D eigenvalue weighted by atomic mass is 79.9. The van der Waals surface area contributed by atoms with Gasteiger partial charge in [-0.1, -0.05) is 28.9 Å². The van der Waals surface area contributed by atoms with Crippen molar-refractivity contribution < 1.29 is 9.90 Å². The molecule has 1 aromatic heterocycles. The van der Waals surface area contributed by atoms with Crippen molar-refractivity contribution in [2.75, 3.05) is 0 Å². The first kappa shape index (κ1) is 13.1. The number of halogens is 1. The average Bonchev–Trinajstić information content (AvgIpc) is 2.65. The van der Waals surface area contributed by atoms with E-state index in [1.807, 2.05) is 13.0 Å². The summed E-state index contributed by atoms with van der Waals surface area (Å²) in [4.78, 5) is 10.8. The van der Waals surface area contributed by atoms with Crippen molar-refractivity contribution in [3.63, 3.8) is 0 Å². The number of carbonyl (C=O) groups is 1. The molecule has 3 nitrogen and oxygen atoms in total. The molecule has 0 aliphatic heterocycles. The second kappa shape index (κ2) is 5.14. The Hall–Kier alpha value is -1.29. The first-order valence-corrected chi connectivity index (χ1v) is 6.82. The van der Waals surface area contributed by atoms with Gasteiger partial charge in [-0.05, 0) is 30.5 Å². The third-order valence-corrected chi connectivity index (χ3v) is 3.69.